The largest absolute Gasteiger partial charge is 0.352 e. The van der Waals surface area contributed by atoms with E-state index in [0.717, 1.165) is 21.5 Å². The highest BCUT2D eigenvalue weighted by molar-refractivity contribution is 8.00. The van der Waals surface area contributed by atoms with Gasteiger partial charge in [-0.25, -0.2) is 9.97 Å². The van der Waals surface area contributed by atoms with Crippen LogP contribution in [0.1, 0.15) is 5.56 Å². The molecule has 0 aliphatic carbocycles. The number of amides is 1. The van der Waals surface area contributed by atoms with Gasteiger partial charge in [-0.05, 0) is 13.0 Å². The van der Waals surface area contributed by atoms with Crippen molar-refractivity contribution in [3.05, 3.63) is 66.7 Å². The molecule has 1 amide bonds. The molecule has 0 spiro atoms. The molecule has 5 heteroatoms. The summed E-state index contributed by atoms with van der Waals surface area (Å²) in [6.45, 7) is 6.12. The third-order valence-electron chi connectivity index (χ3n) is 3.66. The number of carbonyl (C=O) groups is 1. The third kappa shape index (κ3) is 4.25. The van der Waals surface area contributed by atoms with E-state index < -0.39 is 0 Å². The molecular weight excluding hydrogens is 330 g/mol. The van der Waals surface area contributed by atoms with Gasteiger partial charge in [0.1, 0.15) is 5.03 Å². The van der Waals surface area contributed by atoms with Crippen molar-refractivity contribution in [1.82, 2.24) is 15.3 Å². The van der Waals surface area contributed by atoms with Gasteiger partial charge in [0.2, 0.25) is 5.91 Å². The normalized spacial score (nSPS) is 10.6. The number of para-hydroxylation sites is 1. The van der Waals surface area contributed by atoms with Gasteiger partial charge in [-0.1, -0.05) is 65.9 Å². The lowest BCUT2D eigenvalue weighted by Crippen LogP contribution is -2.24. The van der Waals surface area contributed by atoms with Crippen LogP contribution in [0.25, 0.3) is 22.3 Å². The number of aryl methyl sites for hydroxylation is 1. The minimum atomic E-state index is -0.0375. The molecule has 0 unspecified atom stereocenters. The van der Waals surface area contributed by atoms with Crippen molar-refractivity contribution in [3.8, 4) is 11.4 Å². The van der Waals surface area contributed by atoms with Gasteiger partial charge in [0.15, 0.2) is 5.82 Å². The number of nitrogens with one attached hydrogen (secondary N) is 1. The Bertz CT molecular complexity index is 906. The number of aromatic nitrogens is 2. The van der Waals surface area contributed by atoms with E-state index in [1.807, 2.05) is 55.5 Å². The summed E-state index contributed by atoms with van der Waals surface area (Å²) in [4.78, 5) is 21.3. The number of thioether (sulfide) groups is 1. The van der Waals surface area contributed by atoms with Crippen LogP contribution in [-0.2, 0) is 4.79 Å². The number of hydrogen-bond acceptors (Lipinski definition) is 4. The SMILES string of the molecule is C=CCNC(=O)CSc1nc(-c2ccc(C)cc2)nc2ccccc12. The van der Waals surface area contributed by atoms with E-state index in [0.29, 0.717) is 18.1 Å². The second-order valence-electron chi connectivity index (χ2n) is 5.62. The second-order valence-corrected chi connectivity index (χ2v) is 6.58. The fourth-order valence-electron chi connectivity index (χ4n) is 2.36. The summed E-state index contributed by atoms with van der Waals surface area (Å²) in [5, 5.41) is 4.55. The molecule has 1 N–H and O–H groups in total. The van der Waals surface area contributed by atoms with Crippen LogP contribution in [0.4, 0.5) is 0 Å². The highest BCUT2D eigenvalue weighted by Crippen LogP contribution is 2.28. The van der Waals surface area contributed by atoms with Crippen molar-refractivity contribution in [1.29, 1.82) is 0 Å². The Hall–Kier alpha value is -2.66. The molecule has 3 rings (SSSR count). The summed E-state index contributed by atoms with van der Waals surface area (Å²) in [7, 11) is 0. The number of rotatable bonds is 6. The molecule has 25 heavy (non-hydrogen) atoms. The fourth-order valence-corrected chi connectivity index (χ4v) is 3.21. The van der Waals surface area contributed by atoms with E-state index in [4.69, 9.17) is 4.98 Å². The van der Waals surface area contributed by atoms with Crippen LogP contribution in [0, 0.1) is 6.92 Å². The van der Waals surface area contributed by atoms with Gasteiger partial charge in [-0.2, -0.15) is 0 Å². The molecule has 1 heterocycles. The van der Waals surface area contributed by atoms with Crippen LogP contribution in [0.5, 0.6) is 0 Å². The minimum Gasteiger partial charge on any atom is -0.352 e. The Morgan fingerprint density at radius 1 is 1.16 bits per heavy atom. The van der Waals surface area contributed by atoms with Gasteiger partial charge in [-0.3, -0.25) is 4.79 Å². The zero-order valence-corrected chi connectivity index (χ0v) is 14.8. The molecule has 0 aliphatic rings. The lowest BCUT2D eigenvalue weighted by atomic mass is 10.1. The van der Waals surface area contributed by atoms with Crippen LogP contribution < -0.4 is 5.32 Å². The molecule has 3 aromatic rings. The molecule has 0 bridgehead atoms. The fraction of sp³-hybridized carbons (Fsp3) is 0.150. The van der Waals surface area contributed by atoms with E-state index in [9.17, 15) is 4.79 Å². The summed E-state index contributed by atoms with van der Waals surface area (Å²) >= 11 is 1.42. The Kier molecular flexibility index (Phi) is 5.46. The molecule has 0 saturated heterocycles. The third-order valence-corrected chi connectivity index (χ3v) is 4.65. The number of fused-ring (bicyclic) bond motifs is 1. The van der Waals surface area contributed by atoms with Crippen molar-refractivity contribution >= 4 is 28.6 Å². The van der Waals surface area contributed by atoms with E-state index in [1.165, 1.54) is 17.3 Å². The molecule has 0 radical (unpaired) electrons. The average Bonchev–Trinajstić information content (AvgIpc) is 2.64. The van der Waals surface area contributed by atoms with Gasteiger partial charge in [0.25, 0.3) is 0 Å². The molecule has 126 valence electrons. The summed E-state index contributed by atoms with van der Waals surface area (Å²) < 4.78 is 0. The monoisotopic (exact) mass is 349 g/mol. The summed E-state index contributed by atoms with van der Waals surface area (Å²) in [5.74, 6) is 0.944. The van der Waals surface area contributed by atoms with Gasteiger partial charge in [0.05, 0.1) is 11.3 Å². The van der Waals surface area contributed by atoms with E-state index in [-0.39, 0.29) is 5.91 Å². The Morgan fingerprint density at radius 3 is 2.68 bits per heavy atom. The molecule has 1 aromatic heterocycles. The zero-order chi connectivity index (χ0) is 17.6. The number of hydrogen-bond donors (Lipinski definition) is 1. The average molecular weight is 349 g/mol. The number of nitrogens with zero attached hydrogens (tertiary/aromatic N) is 2. The number of carbonyl (C=O) groups excluding carboxylic acids is 1. The molecule has 0 aliphatic heterocycles. The van der Waals surface area contributed by atoms with Crippen molar-refractivity contribution < 1.29 is 4.79 Å². The van der Waals surface area contributed by atoms with Crippen LogP contribution >= 0.6 is 11.8 Å². The number of benzene rings is 2. The summed E-state index contributed by atoms with van der Waals surface area (Å²) in [5.41, 5.74) is 3.04. The predicted molar refractivity (Wildman–Crippen MR) is 104 cm³/mol. The van der Waals surface area contributed by atoms with Crippen molar-refractivity contribution in [2.75, 3.05) is 12.3 Å². The van der Waals surface area contributed by atoms with E-state index >= 15 is 0 Å². The maximum atomic E-state index is 11.9. The molecule has 0 fully saturated rings. The van der Waals surface area contributed by atoms with Crippen LogP contribution in [0.2, 0.25) is 0 Å². The first-order valence-electron chi connectivity index (χ1n) is 8.01. The van der Waals surface area contributed by atoms with E-state index in [1.54, 1.807) is 6.08 Å². The maximum absolute atomic E-state index is 11.9. The smallest absolute Gasteiger partial charge is 0.230 e. The highest BCUT2D eigenvalue weighted by Gasteiger charge is 2.11. The molecule has 4 nitrogen and oxygen atoms in total. The van der Waals surface area contributed by atoms with Crippen LogP contribution in [0.3, 0.4) is 0 Å². The minimum absolute atomic E-state index is 0.0375. The van der Waals surface area contributed by atoms with Crippen molar-refractivity contribution in [2.24, 2.45) is 0 Å². The zero-order valence-electron chi connectivity index (χ0n) is 14.0. The lowest BCUT2D eigenvalue weighted by molar-refractivity contribution is -0.118. The second kappa shape index (κ2) is 7.94. The topological polar surface area (TPSA) is 54.9 Å². The first-order chi connectivity index (χ1) is 12.2. The standard InChI is InChI=1S/C20H19N3OS/c1-3-12-21-18(24)13-25-20-16-6-4-5-7-17(16)22-19(23-20)15-10-8-14(2)9-11-15/h3-11H,1,12-13H2,2H3,(H,21,24). The predicted octanol–water partition coefficient (Wildman–Crippen LogP) is 4.00. The Morgan fingerprint density at radius 2 is 1.92 bits per heavy atom. The van der Waals surface area contributed by atoms with Gasteiger partial charge in [-0.15, -0.1) is 6.58 Å². The molecule has 2 aromatic carbocycles. The highest BCUT2D eigenvalue weighted by atomic mass is 32.2. The summed E-state index contributed by atoms with van der Waals surface area (Å²) in [6, 6.07) is 16.0. The lowest BCUT2D eigenvalue weighted by Gasteiger charge is -2.09. The van der Waals surface area contributed by atoms with E-state index in [2.05, 4.69) is 16.9 Å². The maximum Gasteiger partial charge on any atom is 0.230 e. The quantitative estimate of drug-likeness (QED) is 0.415. The van der Waals surface area contributed by atoms with Gasteiger partial charge < -0.3 is 5.32 Å². The Labute approximate surface area is 151 Å². The first-order valence-corrected chi connectivity index (χ1v) is 9.00. The summed E-state index contributed by atoms with van der Waals surface area (Å²) in [6.07, 6.45) is 1.66. The Balaban J connectivity index is 1.94. The molecule has 0 saturated carbocycles. The van der Waals surface area contributed by atoms with Gasteiger partial charge >= 0.3 is 0 Å². The van der Waals surface area contributed by atoms with Gasteiger partial charge in [0, 0.05) is 17.5 Å². The molecular formula is C20H19N3OS. The van der Waals surface area contributed by atoms with Crippen molar-refractivity contribution in [2.45, 2.75) is 11.9 Å². The van der Waals surface area contributed by atoms with Crippen molar-refractivity contribution in [3.63, 3.8) is 0 Å². The van der Waals surface area contributed by atoms with Crippen LogP contribution in [0.15, 0.2) is 66.2 Å². The van der Waals surface area contributed by atoms with Crippen LogP contribution in [-0.4, -0.2) is 28.2 Å². The molecule has 0 atom stereocenters. The first kappa shape index (κ1) is 17.2.